The van der Waals surface area contributed by atoms with Crippen molar-refractivity contribution in [1.82, 2.24) is 15.2 Å². The SMILES string of the molecule is CCCC[C@]1([C@@H]2CCCN(c3cccnc3)C2)NC(=N)N(C)C1=O. The highest BCUT2D eigenvalue weighted by atomic mass is 16.2. The molecule has 24 heavy (non-hydrogen) atoms. The zero-order valence-corrected chi connectivity index (χ0v) is 14.6. The lowest BCUT2D eigenvalue weighted by atomic mass is 9.75. The summed E-state index contributed by atoms with van der Waals surface area (Å²) in [5.74, 6) is 0.490. The van der Waals surface area contributed by atoms with Crippen LogP contribution in [0.3, 0.4) is 0 Å². The molecule has 0 aliphatic carbocycles. The summed E-state index contributed by atoms with van der Waals surface area (Å²) in [5, 5.41) is 11.3. The molecule has 130 valence electrons. The number of rotatable bonds is 5. The van der Waals surface area contributed by atoms with Gasteiger partial charge < -0.3 is 10.2 Å². The van der Waals surface area contributed by atoms with Crippen LogP contribution in [-0.4, -0.2) is 47.4 Å². The van der Waals surface area contributed by atoms with Gasteiger partial charge >= 0.3 is 0 Å². The summed E-state index contributed by atoms with van der Waals surface area (Å²) < 4.78 is 0. The van der Waals surface area contributed by atoms with Crippen molar-refractivity contribution in [1.29, 1.82) is 5.41 Å². The summed E-state index contributed by atoms with van der Waals surface area (Å²) in [6.07, 6.45) is 8.57. The Bertz CT molecular complexity index is 605. The van der Waals surface area contributed by atoms with Gasteiger partial charge in [0.05, 0.1) is 11.9 Å². The third-order valence-electron chi connectivity index (χ3n) is 5.42. The van der Waals surface area contributed by atoms with Gasteiger partial charge in [0.15, 0.2) is 5.96 Å². The number of hydrogen-bond acceptors (Lipinski definition) is 4. The number of likely N-dealkylation sites (N-methyl/N-ethyl adjacent to an activating group) is 1. The quantitative estimate of drug-likeness (QED) is 0.869. The van der Waals surface area contributed by atoms with Gasteiger partial charge in [0, 0.05) is 32.3 Å². The largest absolute Gasteiger partial charge is 0.370 e. The van der Waals surface area contributed by atoms with Crippen LogP contribution in [0.2, 0.25) is 0 Å². The molecule has 2 atom stereocenters. The van der Waals surface area contributed by atoms with Crippen molar-refractivity contribution in [2.75, 3.05) is 25.0 Å². The number of nitrogens with one attached hydrogen (secondary N) is 2. The molecule has 0 spiro atoms. The molecule has 6 heteroatoms. The average Bonchev–Trinajstić information content (AvgIpc) is 2.85. The molecule has 1 aromatic rings. The lowest BCUT2D eigenvalue weighted by molar-refractivity contribution is -0.132. The Morgan fingerprint density at radius 3 is 2.96 bits per heavy atom. The molecule has 2 aliphatic heterocycles. The molecule has 0 aromatic carbocycles. The van der Waals surface area contributed by atoms with Gasteiger partial charge in [-0.3, -0.25) is 20.1 Å². The Morgan fingerprint density at radius 2 is 2.33 bits per heavy atom. The smallest absolute Gasteiger partial charge is 0.255 e. The van der Waals surface area contributed by atoms with Crippen LogP contribution in [-0.2, 0) is 4.79 Å². The van der Waals surface area contributed by atoms with Crippen LogP contribution in [0, 0.1) is 11.3 Å². The van der Waals surface area contributed by atoms with E-state index in [1.54, 1.807) is 13.2 Å². The second-order valence-corrected chi connectivity index (χ2v) is 6.91. The first-order valence-corrected chi connectivity index (χ1v) is 8.88. The molecular weight excluding hydrogens is 302 g/mol. The van der Waals surface area contributed by atoms with E-state index in [1.165, 1.54) is 4.90 Å². The second kappa shape index (κ2) is 6.79. The first kappa shape index (κ1) is 16.7. The van der Waals surface area contributed by atoms with Crippen molar-refractivity contribution in [2.24, 2.45) is 5.92 Å². The molecule has 0 unspecified atom stereocenters. The van der Waals surface area contributed by atoms with Crippen LogP contribution >= 0.6 is 0 Å². The molecule has 0 radical (unpaired) electrons. The number of carbonyl (C=O) groups excluding carboxylic acids is 1. The maximum absolute atomic E-state index is 13.0. The van der Waals surface area contributed by atoms with Gasteiger partial charge in [-0.15, -0.1) is 0 Å². The second-order valence-electron chi connectivity index (χ2n) is 6.91. The highest BCUT2D eigenvalue weighted by molar-refractivity contribution is 6.07. The summed E-state index contributed by atoms with van der Waals surface area (Å²) in [6.45, 7) is 3.97. The van der Waals surface area contributed by atoms with Gasteiger partial charge in [-0.05, 0) is 31.4 Å². The molecule has 2 aliphatic rings. The van der Waals surface area contributed by atoms with E-state index in [9.17, 15) is 4.79 Å². The van der Waals surface area contributed by atoms with Crippen LogP contribution in [0.15, 0.2) is 24.5 Å². The molecule has 2 fully saturated rings. The topological polar surface area (TPSA) is 72.3 Å². The molecule has 1 aromatic heterocycles. The van der Waals surface area contributed by atoms with Gasteiger partial charge in [0.25, 0.3) is 5.91 Å². The lowest BCUT2D eigenvalue weighted by Gasteiger charge is -2.42. The maximum Gasteiger partial charge on any atom is 0.255 e. The van der Waals surface area contributed by atoms with Crippen LogP contribution in [0.1, 0.15) is 39.0 Å². The van der Waals surface area contributed by atoms with E-state index in [1.807, 2.05) is 12.3 Å². The highest BCUT2D eigenvalue weighted by Gasteiger charge is 2.53. The Labute approximate surface area is 143 Å². The molecule has 3 rings (SSSR count). The minimum absolute atomic E-state index is 0.0546. The molecule has 1 amide bonds. The average molecular weight is 329 g/mol. The standard InChI is InChI=1S/C18H27N5O/c1-3-4-9-18(16(24)22(2)17(19)21-18)14-7-6-11-23(13-14)15-8-5-10-20-12-15/h5,8,10,12,14H,3-4,6-7,9,11,13H2,1-2H3,(H2,19,21)/t14-,18-/m1/s1. The van der Waals surface area contributed by atoms with Crippen molar-refractivity contribution in [3.8, 4) is 0 Å². The van der Waals surface area contributed by atoms with Crippen LogP contribution in [0.4, 0.5) is 5.69 Å². The molecule has 3 heterocycles. The van der Waals surface area contributed by atoms with Crippen molar-refractivity contribution in [3.05, 3.63) is 24.5 Å². The van der Waals surface area contributed by atoms with Crippen molar-refractivity contribution in [2.45, 2.75) is 44.6 Å². The van der Waals surface area contributed by atoms with Crippen LogP contribution in [0.5, 0.6) is 0 Å². The monoisotopic (exact) mass is 329 g/mol. The van der Waals surface area contributed by atoms with Gasteiger partial charge in [0.2, 0.25) is 0 Å². The number of piperidine rings is 1. The number of guanidine groups is 1. The van der Waals surface area contributed by atoms with Gasteiger partial charge in [-0.2, -0.15) is 0 Å². The van der Waals surface area contributed by atoms with Gasteiger partial charge in [-0.1, -0.05) is 19.8 Å². The fraction of sp³-hybridized carbons (Fsp3) is 0.611. The summed E-state index contributed by atoms with van der Waals surface area (Å²) in [5.41, 5.74) is 0.490. The fourth-order valence-corrected chi connectivity index (χ4v) is 4.01. The third-order valence-corrected chi connectivity index (χ3v) is 5.42. The molecular formula is C18H27N5O. The molecule has 2 saturated heterocycles. The molecule has 0 saturated carbocycles. The van der Waals surface area contributed by atoms with Crippen molar-refractivity contribution < 1.29 is 4.79 Å². The first-order valence-electron chi connectivity index (χ1n) is 8.88. The van der Waals surface area contributed by atoms with E-state index in [-0.39, 0.29) is 17.8 Å². The van der Waals surface area contributed by atoms with E-state index < -0.39 is 5.54 Å². The Balaban J connectivity index is 1.85. The van der Waals surface area contributed by atoms with Crippen LogP contribution < -0.4 is 10.2 Å². The number of carbonyl (C=O) groups is 1. The minimum atomic E-state index is -0.622. The number of pyridine rings is 1. The number of hydrogen-bond donors (Lipinski definition) is 2. The fourth-order valence-electron chi connectivity index (χ4n) is 4.01. The summed E-state index contributed by atoms with van der Waals surface area (Å²) in [7, 11) is 1.70. The number of unbranched alkanes of at least 4 members (excludes halogenated alkanes) is 1. The highest BCUT2D eigenvalue weighted by Crippen LogP contribution is 2.37. The van der Waals surface area contributed by atoms with Gasteiger partial charge in [0.1, 0.15) is 5.54 Å². The summed E-state index contributed by atoms with van der Waals surface area (Å²) >= 11 is 0. The lowest BCUT2D eigenvalue weighted by Crippen LogP contribution is -2.58. The molecule has 0 bridgehead atoms. The van der Waals surface area contributed by atoms with E-state index in [0.29, 0.717) is 0 Å². The van der Waals surface area contributed by atoms with Crippen LogP contribution in [0.25, 0.3) is 0 Å². The summed E-state index contributed by atoms with van der Waals surface area (Å²) in [4.78, 5) is 21.0. The normalized spacial score (nSPS) is 27.5. The third kappa shape index (κ3) is 2.85. The zero-order chi connectivity index (χ0) is 17.2. The van der Waals surface area contributed by atoms with Crippen molar-refractivity contribution in [3.63, 3.8) is 0 Å². The minimum Gasteiger partial charge on any atom is -0.370 e. The molecule has 6 nitrogen and oxygen atoms in total. The predicted octanol–water partition coefficient (Wildman–Crippen LogP) is 2.22. The van der Waals surface area contributed by atoms with E-state index >= 15 is 0 Å². The number of aromatic nitrogens is 1. The Morgan fingerprint density at radius 1 is 1.50 bits per heavy atom. The Hall–Kier alpha value is -2.11. The van der Waals surface area contributed by atoms with E-state index in [4.69, 9.17) is 5.41 Å². The first-order chi connectivity index (χ1) is 11.6. The Kier molecular flexibility index (Phi) is 4.73. The maximum atomic E-state index is 13.0. The van der Waals surface area contributed by atoms with Gasteiger partial charge in [-0.25, -0.2) is 0 Å². The molecule has 2 N–H and O–H groups in total. The number of nitrogens with zero attached hydrogens (tertiary/aromatic N) is 3. The zero-order valence-electron chi connectivity index (χ0n) is 14.6. The van der Waals surface area contributed by atoms with Crippen molar-refractivity contribution >= 4 is 17.6 Å². The number of anilines is 1. The predicted molar refractivity (Wildman–Crippen MR) is 95.1 cm³/mol. The van der Waals surface area contributed by atoms with E-state index in [2.05, 4.69) is 28.2 Å². The number of amides is 1. The van der Waals surface area contributed by atoms with E-state index in [0.717, 1.165) is 50.9 Å². The summed E-state index contributed by atoms with van der Waals surface area (Å²) in [6, 6.07) is 4.03.